The minimum absolute atomic E-state index is 0.354. The van der Waals surface area contributed by atoms with Crippen LogP contribution in [0.1, 0.15) is 11.4 Å². The van der Waals surface area contributed by atoms with Gasteiger partial charge in [0.1, 0.15) is 0 Å². The molecule has 0 atom stereocenters. The van der Waals surface area contributed by atoms with Crippen LogP contribution < -0.4 is 22.1 Å². The summed E-state index contributed by atoms with van der Waals surface area (Å²) in [7, 11) is 0. The van der Waals surface area contributed by atoms with Gasteiger partial charge in [-0.05, 0) is 38.1 Å². The molecule has 0 bridgehead atoms. The minimum Gasteiger partial charge on any atom is -0.369 e. The fraction of sp³-hybridized carbons (Fsp3) is 0.0952. The topological polar surface area (TPSA) is 151 Å². The minimum atomic E-state index is -0.356. The zero-order valence-electron chi connectivity index (χ0n) is 16.6. The van der Waals surface area contributed by atoms with Crippen LogP contribution in [-0.2, 0) is 0 Å². The van der Waals surface area contributed by atoms with Gasteiger partial charge in [0.15, 0.2) is 11.9 Å². The summed E-state index contributed by atoms with van der Waals surface area (Å²) in [6, 6.07) is 14.5. The lowest BCUT2D eigenvalue weighted by Gasteiger charge is -2.10. The number of H-pyrrole nitrogens is 2. The fourth-order valence-electron chi connectivity index (χ4n) is 3.33. The van der Waals surface area contributed by atoms with E-state index in [1.54, 1.807) is 0 Å². The lowest BCUT2D eigenvalue weighted by Crippen LogP contribution is -2.19. The van der Waals surface area contributed by atoms with E-state index >= 15 is 0 Å². The van der Waals surface area contributed by atoms with Gasteiger partial charge >= 0.3 is 6.03 Å². The molecular formula is C21H22N8O. The first-order valence-corrected chi connectivity index (χ1v) is 9.32. The van der Waals surface area contributed by atoms with Gasteiger partial charge < -0.3 is 32.1 Å². The van der Waals surface area contributed by atoms with Gasteiger partial charge in [-0.25, -0.2) is 14.8 Å². The Morgan fingerprint density at radius 1 is 0.800 bits per heavy atom. The van der Waals surface area contributed by atoms with Crippen LogP contribution in [0.15, 0.2) is 48.5 Å². The average Bonchev–Trinajstić information content (AvgIpc) is 3.22. The molecule has 0 aliphatic heterocycles. The van der Waals surface area contributed by atoms with Crippen LogP contribution in [0.3, 0.4) is 0 Å². The van der Waals surface area contributed by atoms with E-state index in [-0.39, 0.29) is 6.03 Å². The van der Waals surface area contributed by atoms with Gasteiger partial charge in [0.05, 0.1) is 22.8 Å². The van der Waals surface area contributed by atoms with Gasteiger partial charge in [-0.15, -0.1) is 0 Å². The molecule has 2 amide bonds. The van der Waals surface area contributed by atoms with E-state index in [1.165, 1.54) is 0 Å². The molecule has 0 spiro atoms. The molecule has 4 rings (SSSR count). The SMILES string of the molecule is Cc1nc(N)[nH]c1-c1cccc(NC(=O)Nc2cccc(-c3[nH]c(N)nc3C)c2)c1. The monoisotopic (exact) mass is 402 g/mol. The molecule has 0 aliphatic carbocycles. The van der Waals surface area contributed by atoms with E-state index in [0.717, 1.165) is 33.9 Å². The second kappa shape index (κ2) is 7.63. The maximum Gasteiger partial charge on any atom is 0.323 e. The summed E-state index contributed by atoms with van der Waals surface area (Å²) < 4.78 is 0. The Balaban J connectivity index is 1.49. The lowest BCUT2D eigenvalue weighted by atomic mass is 10.1. The highest BCUT2D eigenvalue weighted by Crippen LogP contribution is 2.26. The number of carbonyl (C=O) groups excluding carboxylic acids is 1. The van der Waals surface area contributed by atoms with E-state index in [1.807, 2.05) is 62.4 Å². The number of nitrogens with one attached hydrogen (secondary N) is 4. The summed E-state index contributed by atoms with van der Waals surface area (Å²) in [5.41, 5.74) is 17.7. The molecule has 9 heteroatoms. The summed E-state index contributed by atoms with van der Waals surface area (Å²) in [4.78, 5) is 26.9. The number of benzene rings is 2. The van der Waals surface area contributed by atoms with Gasteiger partial charge in [0, 0.05) is 22.5 Å². The van der Waals surface area contributed by atoms with Crippen molar-refractivity contribution in [2.24, 2.45) is 0 Å². The highest BCUT2D eigenvalue weighted by atomic mass is 16.2. The van der Waals surface area contributed by atoms with E-state index in [9.17, 15) is 4.79 Å². The van der Waals surface area contributed by atoms with Crippen molar-refractivity contribution in [3.8, 4) is 22.5 Å². The Hall–Kier alpha value is -4.27. The number of hydrogen-bond acceptors (Lipinski definition) is 5. The molecule has 152 valence electrons. The maximum absolute atomic E-state index is 12.5. The zero-order chi connectivity index (χ0) is 21.3. The van der Waals surface area contributed by atoms with Crippen molar-refractivity contribution in [2.45, 2.75) is 13.8 Å². The standard InChI is InChI=1S/C21H22N8O/c1-11-17(28-19(22)24-11)13-5-3-7-15(9-13)26-21(30)27-16-8-4-6-14(10-16)18-12(2)25-20(23)29-18/h3-10H,1-2H3,(H3,22,24,28)(H3,23,25,29)(H2,26,27,30). The largest absolute Gasteiger partial charge is 0.369 e. The van der Waals surface area contributed by atoms with E-state index in [2.05, 4.69) is 30.6 Å². The number of nitrogen functional groups attached to an aromatic ring is 2. The smallest absolute Gasteiger partial charge is 0.323 e. The predicted octanol–water partition coefficient (Wildman–Crippen LogP) is 3.89. The van der Waals surface area contributed by atoms with Gasteiger partial charge in [-0.2, -0.15) is 0 Å². The molecule has 9 nitrogen and oxygen atoms in total. The number of aromatic nitrogens is 4. The van der Waals surface area contributed by atoms with Crippen LogP contribution in [0.4, 0.5) is 28.1 Å². The Morgan fingerprint density at radius 2 is 1.23 bits per heavy atom. The fourth-order valence-corrected chi connectivity index (χ4v) is 3.33. The quantitative estimate of drug-likeness (QED) is 0.306. The summed E-state index contributed by atoms with van der Waals surface area (Å²) in [6.07, 6.45) is 0. The van der Waals surface area contributed by atoms with Crippen molar-refractivity contribution in [1.82, 2.24) is 19.9 Å². The van der Waals surface area contributed by atoms with Crippen molar-refractivity contribution in [2.75, 3.05) is 22.1 Å². The number of aromatic amines is 2. The van der Waals surface area contributed by atoms with Crippen molar-refractivity contribution >= 4 is 29.3 Å². The number of imidazole rings is 2. The molecule has 2 heterocycles. The van der Waals surface area contributed by atoms with Crippen molar-refractivity contribution < 1.29 is 4.79 Å². The van der Waals surface area contributed by atoms with Crippen LogP contribution in [0.25, 0.3) is 22.5 Å². The van der Waals surface area contributed by atoms with Crippen LogP contribution in [0, 0.1) is 13.8 Å². The zero-order valence-corrected chi connectivity index (χ0v) is 16.6. The Kier molecular flexibility index (Phi) is 4.85. The molecular weight excluding hydrogens is 380 g/mol. The third-order valence-electron chi connectivity index (χ3n) is 4.62. The molecule has 0 fully saturated rings. The third-order valence-corrected chi connectivity index (χ3v) is 4.62. The molecule has 8 N–H and O–H groups in total. The average molecular weight is 402 g/mol. The predicted molar refractivity (Wildman–Crippen MR) is 119 cm³/mol. The number of aryl methyl sites for hydroxylation is 2. The number of nitrogens with zero attached hydrogens (tertiary/aromatic N) is 2. The maximum atomic E-state index is 12.5. The van der Waals surface area contributed by atoms with Crippen LogP contribution in [-0.4, -0.2) is 26.0 Å². The lowest BCUT2D eigenvalue weighted by molar-refractivity contribution is 0.262. The van der Waals surface area contributed by atoms with Crippen molar-refractivity contribution in [3.05, 3.63) is 59.9 Å². The van der Waals surface area contributed by atoms with E-state index in [0.29, 0.717) is 23.3 Å². The molecule has 2 aromatic heterocycles. The number of nitrogens with two attached hydrogens (primary N) is 2. The first kappa shape index (κ1) is 19.1. The third kappa shape index (κ3) is 3.95. The Bertz CT molecular complexity index is 1130. The molecule has 0 aliphatic rings. The van der Waals surface area contributed by atoms with Gasteiger partial charge in [0.25, 0.3) is 0 Å². The first-order valence-electron chi connectivity index (χ1n) is 9.32. The van der Waals surface area contributed by atoms with Crippen molar-refractivity contribution in [1.29, 1.82) is 0 Å². The van der Waals surface area contributed by atoms with E-state index in [4.69, 9.17) is 11.5 Å². The van der Waals surface area contributed by atoms with Crippen LogP contribution in [0.5, 0.6) is 0 Å². The summed E-state index contributed by atoms with van der Waals surface area (Å²) in [5.74, 6) is 0.709. The number of urea groups is 1. The molecule has 30 heavy (non-hydrogen) atoms. The van der Waals surface area contributed by atoms with Crippen LogP contribution in [0.2, 0.25) is 0 Å². The highest BCUT2D eigenvalue weighted by Gasteiger charge is 2.11. The number of amides is 2. The number of rotatable bonds is 4. The van der Waals surface area contributed by atoms with Gasteiger partial charge in [0.2, 0.25) is 0 Å². The number of carbonyl (C=O) groups is 1. The van der Waals surface area contributed by atoms with Crippen LogP contribution >= 0.6 is 0 Å². The molecule has 4 aromatic rings. The summed E-state index contributed by atoms with van der Waals surface area (Å²) >= 11 is 0. The summed E-state index contributed by atoms with van der Waals surface area (Å²) in [6.45, 7) is 3.74. The summed E-state index contributed by atoms with van der Waals surface area (Å²) in [5, 5.41) is 5.69. The molecule has 0 radical (unpaired) electrons. The normalized spacial score (nSPS) is 10.7. The second-order valence-corrected chi connectivity index (χ2v) is 6.91. The molecule has 2 aromatic carbocycles. The van der Waals surface area contributed by atoms with Crippen molar-refractivity contribution in [3.63, 3.8) is 0 Å². The Morgan fingerprint density at radius 3 is 1.60 bits per heavy atom. The highest BCUT2D eigenvalue weighted by molar-refractivity contribution is 6.00. The molecule has 0 saturated carbocycles. The molecule has 0 saturated heterocycles. The van der Waals surface area contributed by atoms with Gasteiger partial charge in [-0.3, -0.25) is 0 Å². The number of hydrogen-bond donors (Lipinski definition) is 6. The first-order chi connectivity index (χ1) is 14.4. The Labute approximate surface area is 172 Å². The van der Waals surface area contributed by atoms with E-state index < -0.39 is 0 Å². The number of anilines is 4. The van der Waals surface area contributed by atoms with Gasteiger partial charge in [-0.1, -0.05) is 24.3 Å². The molecule has 0 unspecified atom stereocenters. The second-order valence-electron chi connectivity index (χ2n) is 6.91.